The third-order valence-electron chi connectivity index (χ3n) is 8.35. The zero-order chi connectivity index (χ0) is 27.1. The summed E-state index contributed by atoms with van der Waals surface area (Å²) >= 11 is 0. The van der Waals surface area contributed by atoms with Crippen LogP contribution in [0.25, 0.3) is 54.5 Å². The third kappa shape index (κ3) is 3.66. The Hall–Kier alpha value is -3.87. The van der Waals surface area contributed by atoms with Gasteiger partial charge in [0.05, 0.1) is 22.4 Å². The summed E-state index contributed by atoms with van der Waals surface area (Å²) in [5.41, 5.74) is 1.50. The van der Waals surface area contributed by atoms with E-state index >= 15 is 0 Å². The van der Waals surface area contributed by atoms with Crippen LogP contribution < -0.4 is 5.46 Å². The average Bonchev–Trinajstić information content (AvgIpc) is 3.13. The minimum atomic E-state index is -0.642. The first-order chi connectivity index (χ1) is 18.6. The zero-order valence-electron chi connectivity index (χ0n) is 22.2. The topological polar surface area (TPSA) is 31.4 Å². The molecule has 0 aliphatic carbocycles. The molecule has 1 aromatic heterocycles. The van der Waals surface area contributed by atoms with Gasteiger partial charge in [-0.25, -0.2) is 13.8 Å². The fraction of sp³-hybridized carbons (Fsp3) is 0.182. The van der Waals surface area contributed by atoms with Crippen molar-refractivity contribution in [2.45, 2.75) is 38.9 Å². The molecule has 0 saturated carbocycles. The van der Waals surface area contributed by atoms with Gasteiger partial charge < -0.3 is 9.31 Å². The lowest BCUT2D eigenvalue weighted by atomic mass is 9.78. The van der Waals surface area contributed by atoms with Gasteiger partial charge in [-0.2, -0.15) is 0 Å². The third-order valence-corrected chi connectivity index (χ3v) is 8.35. The number of aromatic nitrogens is 1. The number of fused-ring (bicyclic) bond motifs is 8. The van der Waals surface area contributed by atoms with Crippen molar-refractivity contribution in [2.75, 3.05) is 0 Å². The van der Waals surface area contributed by atoms with Gasteiger partial charge in [0.15, 0.2) is 0 Å². The van der Waals surface area contributed by atoms with Gasteiger partial charge in [-0.3, -0.25) is 0 Å². The number of benzene rings is 5. The Labute approximate surface area is 225 Å². The molecule has 0 bridgehead atoms. The van der Waals surface area contributed by atoms with E-state index in [-0.39, 0.29) is 0 Å². The predicted octanol–water partition coefficient (Wildman–Crippen LogP) is 7.94. The minimum Gasteiger partial charge on any atom is -0.399 e. The molecule has 1 saturated heterocycles. The van der Waals surface area contributed by atoms with Crippen molar-refractivity contribution in [3.63, 3.8) is 0 Å². The number of hydrogen-bond donors (Lipinski definition) is 0. The molecule has 0 spiro atoms. The number of nitrogens with zero attached hydrogens (tertiary/aromatic N) is 1. The van der Waals surface area contributed by atoms with Crippen LogP contribution in [0.15, 0.2) is 84.9 Å². The van der Waals surface area contributed by atoms with Crippen molar-refractivity contribution in [3.8, 4) is 11.3 Å². The lowest BCUT2D eigenvalue weighted by molar-refractivity contribution is 0.00578. The van der Waals surface area contributed by atoms with Crippen LogP contribution in [0, 0.1) is 11.6 Å². The van der Waals surface area contributed by atoms with Crippen molar-refractivity contribution in [3.05, 3.63) is 96.6 Å². The summed E-state index contributed by atoms with van der Waals surface area (Å²) in [6, 6.07) is 26.0. The second-order valence-corrected chi connectivity index (χ2v) is 11.3. The van der Waals surface area contributed by atoms with Crippen LogP contribution in [0.1, 0.15) is 27.7 Å². The Morgan fingerprint density at radius 2 is 1.15 bits per heavy atom. The molecule has 1 aliphatic heterocycles. The Balaban J connectivity index is 1.62. The maximum absolute atomic E-state index is 14.5. The number of hydrogen-bond acceptors (Lipinski definition) is 3. The molecule has 5 aromatic carbocycles. The van der Waals surface area contributed by atoms with E-state index in [9.17, 15) is 8.78 Å². The van der Waals surface area contributed by atoms with Crippen molar-refractivity contribution in [1.29, 1.82) is 0 Å². The first-order valence-electron chi connectivity index (χ1n) is 13.1. The van der Waals surface area contributed by atoms with Crippen LogP contribution >= 0.6 is 0 Å². The molecule has 1 aliphatic rings. The minimum absolute atomic E-state index is 0.390. The molecule has 0 atom stereocenters. The van der Waals surface area contributed by atoms with Gasteiger partial charge >= 0.3 is 7.12 Å². The molecule has 0 amide bonds. The van der Waals surface area contributed by atoms with Gasteiger partial charge in [-0.15, -0.1) is 0 Å². The second kappa shape index (κ2) is 8.32. The van der Waals surface area contributed by atoms with Crippen LogP contribution in [0.2, 0.25) is 0 Å². The van der Waals surface area contributed by atoms with Crippen LogP contribution in [0.4, 0.5) is 8.78 Å². The predicted molar refractivity (Wildman–Crippen MR) is 155 cm³/mol. The van der Waals surface area contributed by atoms with Gasteiger partial charge in [-0.05, 0) is 72.9 Å². The quantitative estimate of drug-likeness (QED) is 0.173. The molecule has 39 heavy (non-hydrogen) atoms. The molecule has 7 rings (SSSR count). The SMILES string of the molecule is CC1(C)OB(c2ccc3c(c2)nc(-c2cc(F)cc(F)c2)c2c4ccccc4c4ccccc4c32)OC1(C)C. The first-order valence-corrected chi connectivity index (χ1v) is 13.1. The standard InChI is InChI=1S/C33H26BF2NO2/c1-32(2)33(3,4)39-34(38-32)20-13-14-27-28(17-20)37-31(19-15-21(35)18-22(36)16-19)30-26-12-8-6-10-24(26)23-9-5-7-11-25(23)29(27)30/h5-18H,1-4H3. The van der Waals surface area contributed by atoms with Gasteiger partial charge in [0.1, 0.15) is 11.6 Å². The highest BCUT2D eigenvalue weighted by molar-refractivity contribution is 6.62. The fourth-order valence-electron chi connectivity index (χ4n) is 5.72. The van der Waals surface area contributed by atoms with Crippen LogP contribution in [-0.4, -0.2) is 23.3 Å². The second-order valence-electron chi connectivity index (χ2n) is 11.3. The van der Waals surface area contributed by atoms with Crippen molar-refractivity contribution in [2.24, 2.45) is 0 Å². The highest BCUT2D eigenvalue weighted by Gasteiger charge is 2.51. The smallest absolute Gasteiger partial charge is 0.399 e. The van der Waals surface area contributed by atoms with E-state index in [1.54, 1.807) is 0 Å². The average molecular weight is 517 g/mol. The van der Waals surface area contributed by atoms with Crippen LogP contribution in [-0.2, 0) is 9.31 Å². The number of rotatable bonds is 2. The molecule has 1 fully saturated rings. The summed E-state index contributed by atoms with van der Waals surface area (Å²) in [7, 11) is -0.555. The van der Waals surface area contributed by atoms with Crippen molar-refractivity contribution >= 4 is 55.8 Å². The lowest BCUT2D eigenvalue weighted by Crippen LogP contribution is -2.41. The van der Waals surface area contributed by atoms with Crippen LogP contribution in [0.3, 0.4) is 0 Å². The molecular formula is C33H26BF2NO2. The molecule has 0 radical (unpaired) electrons. The van der Waals surface area contributed by atoms with E-state index in [0.717, 1.165) is 49.2 Å². The molecule has 2 heterocycles. The summed E-state index contributed by atoms with van der Waals surface area (Å²) in [4.78, 5) is 5.07. The summed E-state index contributed by atoms with van der Waals surface area (Å²) < 4.78 is 41.6. The molecule has 6 aromatic rings. The Morgan fingerprint density at radius 3 is 1.74 bits per heavy atom. The Bertz CT molecular complexity index is 1930. The summed E-state index contributed by atoms with van der Waals surface area (Å²) in [6.07, 6.45) is 0. The first kappa shape index (κ1) is 24.2. The molecule has 192 valence electrons. The van der Waals surface area contributed by atoms with E-state index in [4.69, 9.17) is 14.3 Å². The zero-order valence-corrected chi connectivity index (χ0v) is 22.2. The highest BCUT2D eigenvalue weighted by Crippen LogP contribution is 2.43. The molecule has 6 heteroatoms. The van der Waals surface area contributed by atoms with E-state index in [1.807, 2.05) is 64.1 Å². The maximum Gasteiger partial charge on any atom is 0.494 e. The van der Waals surface area contributed by atoms with Crippen LogP contribution in [0.5, 0.6) is 0 Å². The maximum atomic E-state index is 14.5. The monoisotopic (exact) mass is 517 g/mol. The van der Waals surface area contributed by atoms with E-state index in [2.05, 4.69) is 30.3 Å². The van der Waals surface area contributed by atoms with Gasteiger partial charge in [0.2, 0.25) is 0 Å². The van der Waals surface area contributed by atoms with Gasteiger partial charge in [-0.1, -0.05) is 60.7 Å². The number of pyridine rings is 1. The van der Waals surface area contributed by atoms with E-state index in [1.165, 1.54) is 12.1 Å². The molecule has 3 nitrogen and oxygen atoms in total. The Morgan fingerprint density at radius 1 is 0.615 bits per heavy atom. The van der Waals surface area contributed by atoms with E-state index < -0.39 is 30.0 Å². The molecule has 0 unspecified atom stereocenters. The van der Waals surface area contributed by atoms with E-state index in [0.29, 0.717) is 16.8 Å². The van der Waals surface area contributed by atoms with Gasteiger partial charge in [0.25, 0.3) is 0 Å². The van der Waals surface area contributed by atoms with Crippen molar-refractivity contribution in [1.82, 2.24) is 4.98 Å². The number of halogens is 2. The Kier molecular flexibility index (Phi) is 5.16. The lowest BCUT2D eigenvalue weighted by Gasteiger charge is -2.32. The summed E-state index contributed by atoms with van der Waals surface area (Å²) in [6.45, 7) is 8.09. The summed E-state index contributed by atoms with van der Waals surface area (Å²) in [5.74, 6) is -1.28. The fourth-order valence-corrected chi connectivity index (χ4v) is 5.72. The normalized spacial score (nSPS) is 16.6. The summed E-state index contributed by atoms with van der Waals surface area (Å²) in [5, 5.41) is 7.02. The molecular weight excluding hydrogens is 491 g/mol. The van der Waals surface area contributed by atoms with Crippen molar-refractivity contribution < 1.29 is 18.1 Å². The highest BCUT2D eigenvalue weighted by atomic mass is 19.1. The largest absolute Gasteiger partial charge is 0.494 e. The molecule has 0 N–H and O–H groups in total. The van der Waals surface area contributed by atoms with Gasteiger partial charge in [0, 0.05) is 27.8 Å².